The first-order valence-corrected chi connectivity index (χ1v) is 16.8. The minimum atomic E-state index is -1.16. The Morgan fingerprint density at radius 1 is 0.769 bits per heavy atom. The van der Waals surface area contributed by atoms with E-state index in [1.807, 2.05) is 77.4 Å². The van der Waals surface area contributed by atoms with Gasteiger partial charge in [-0.15, -0.1) is 12.8 Å². The molecule has 1 fully saturated rings. The van der Waals surface area contributed by atoms with Crippen molar-refractivity contribution in [2.75, 3.05) is 50.1 Å². The quantitative estimate of drug-likeness (QED) is 0.244. The number of carbonyl (C=O) groups excluding carboxylic acids is 2. The molecular weight excluding hydrogens is 655 g/mol. The van der Waals surface area contributed by atoms with Crippen molar-refractivity contribution < 1.29 is 23.5 Å². The maximum absolute atomic E-state index is 14.8. The fourth-order valence-corrected chi connectivity index (χ4v) is 7.56. The number of anilines is 2. The van der Waals surface area contributed by atoms with Crippen LogP contribution in [0, 0.1) is 30.5 Å². The molecule has 8 rings (SSSR count). The summed E-state index contributed by atoms with van der Waals surface area (Å²) in [7, 11) is 3.49. The van der Waals surface area contributed by atoms with Crippen molar-refractivity contribution in [3.63, 3.8) is 0 Å². The normalized spacial score (nSPS) is 22.2. The number of allylic oxidation sites excluding steroid dienone is 2. The summed E-state index contributed by atoms with van der Waals surface area (Å²) in [5, 5.41) is 0. The van der Waals surface area contributed by atoms with Gasteiger partial charge in [-0.2, -0.15) is 0 Å². The number of rotatable bonds is 2. The van der Waals surface area contributed by atoms with Crippen molar-refractivity contribution in [3.05, 3.63) is 154 Å². The van der Waals surface area contributed by atoms with Crippen LogP contribution in [0.15, 0.2) is 115 Å². The maximum Gasteiger partial charge on any atom is 0.246 e. The van der Waals surface area contributed by atoms with Crippen molar-refractivity contribution in [3.8, 4) is 24.7 Å². The number of ether oxygens (including phenoxy) is 2. The number of nitrogens with zero attached hydrogens (tertiary/aromatic N) is 4. The second kappa shape index (κ2) is 13.2. The second-order valence-corrected chi connectivity index (χ2v) is 13.0. The first-order valence-electron chi connectivity index (χ1n) is 16.8. The molecule has 2 unspecified atom stereocenters. The van der Waals surface area contributed by atoms with E-state index in [9.17, 15) is 14.0 Å². The van der Waals surface area contributed by atoms with Crippen LogP contribution in [-0.2, 0) is 30.5 Å². The summed E-state index contributed by atoms with van der Waals surface area (Å²) in [5.74, 6) is 5.56. The highest BCUT2D eigenvalue weighted by molar-refractivity contribution is 5.97. The van der Waals surface area contributed by atoms with Crippen LogP contribution in [0.3, 0.4) is 0 Å². The average Bonchev–Trinajstić information content (AvgIpc) is 3.51. The van der Waals surface area contributed by atoms with Crippen LogP contribution in [0.5, 0.6) is 0 Å². The lowest BCUT2D eigenvalue weighted by Crippen LogP contribution is -2.51. The molecule has 4 heterocycles. The standard InChI is InChI=1S/C23H20N2O2.C20H17FN2O2/c1-5-18-11-12-21-20(14-18)23(19-9-7-6-8-10-19)25(15-22(26)24(21)4)16(2)13-17(3)27-23;1-3-14-8-9-18-16(12-14)20(15-6-4-5-7-17(15)21)23(10-11-25-20)13-19(24)22(18)2/h1,6-14H,2,15H2,3-4H3;1,4-9,12H,10-11,13H2,2H3. The average molecular weight is 693 g/mol. The molecule has 0 saturated carbocycles. The van der Waals surface area contributed by atoms with Crippen molar-refractivity contribution in [2.24, 2.45) is 0 Å². The Morgan fingerprint density at radius 3 is 1.96 bits per heavy atom. The van der Waals surface area contributed by atoms with Crippen LogP contribution in [-0.4, -0.2) is 62.0 Å². The van der Waals surface area contributed by atoms with E-state index < -0.39 is 11.4 Å². The third-order valence-corrected chi connectivity index (χ3v) is 10.1. The van der Waals surface area contributed by atoms with E-state index in [1.165, 1.54) is 6.07 Å². The zero-order valence-corrected chi connectivity index (χ0v) is 29.2. The van der Waals surface area contributed by atoms with Crippen molar-refractivity contribution in [1.82, 2.24) is 9.80 Å². The lowest BCUT2D eigenvalue weighted by atomic mass is 9.88. The summed E-state index contributed by atoms with van der Waals surface area (Å²) in [6, 6.07) is 27.5. The molecule has 8 nitrogen and oxygen atoms in total. The molecule has 0 radical (unpaired) electrons. The van der Waals surface area contributed by atoms with E-state index in [2.05, 4.69) is 18.4 Å². The van der Waals surface area contributed by atoms with Crippen LogP contribution in [0.25, 0.3) is 0 Å². The van der Waals surface area contributed by atoms with Gasteiger partial charge in [0.2, 0.25) is 17.5 Å². The summed E-state index contributed by atoms with van der Waals surface area (Å²) in [5.41, 5.74) is 4.22. The number of fused-ring (bicyclic) bond motifs is 6. The minimum Gasteiger partial charge on any atom is -0.464 e. The summed E-state index contributed by atoms with van der Waals surface area (Å²) >= 11 is 0. The molecule has 0 N–H and O–H groups in total. The Hall–Kier alpha value is -6.13. The van der Waals surface area contributed by atoms with Gasteiger partial charge in [0.1, 0.15) is 12.4 Å². The van der Waals surface area contributed by atoms with Crippen LogP contribution in [0.4, 0.5) is 15.8 Å². The maximum atomic E-state index is 14.8. The highest BCUT2D eigenvalue weighted by Gasteiger charge is 2.52. The third-order valence-electron chi connectivity index (χ3n) is 10.1. The zero-order chi connectivity index (χ0) is 36.8. The molecule has 0 aromatic heterocycles. The molecule has 1 saturated heterocycles. The Balaban J connectivity index is 0.000000162. The van der Waals surface area contributed by atoms with Crippen molar-refractivity contribution in [2.45, 2.75) is 18.4 Å². The molecule has 4 aliphatic heterocycles. The topological polar surface area (TPSA) is 65.6 Å². The van der Waals surface area contributed by atoms with Gasteiger partial charge in [0.25, 0.3) is 0 Å². The van der Waals surface area contributed by atoms with Gasteiger partial charge in [0, 0.05) is 59.7 Å². The molecule has 0 aliphatic carbocycles. The Morgan fingerprint density at radius 2 is 1.35 bits per heavy atom. The van der Waals surface area contributed by atoms with Gasteiger partial charge in [0.15, 0.2) is 5.72 Å². The first-order chi connectivity index (χ1) is 25.0. The van der Waals surface area contributed by atoms with Crippen molar-refractivity contribution >= 4 is 23.2 Å². The van der Waals surface area contributed by atoms with Crippen LogP contribution < -0.4 is 9.80 Å². The predicted molar refractivity (Wildman–Crippen MR) is 198 cm³/mol. The van der Waals surface area contributed by atoms with E-state index in [4.69, 9.17) is 22.3 Å². The summed E-state index contributed by atoms with van der Waals surface area (Å²) in [4.78, 5) is 32.6. The van der Waals surface area contributed by atoms with Crippen LogP contribution in [0.2, 0.25) is 0 Å². The van der Waals surface area contributed by atoms with Gasteiger partial charge in [-0.05, 0) is 55.5 Å². The molecule has 4 aliphatic rings. The lowest BCUT2D eigenvalue weighted by molar-refractivity contribution is -0.128. The van der Waals surface area contributed by atoms with Gasteiger partial charge in [-0.1, -0.05) is 67.0 Å². The fourth-order valence-electron chi connectivity index (χ4n) is 7.56. The number of carbonyl (C=O) groups is 2. The number of benzene rings is 4. The molecular formula is C43H37FN4O4. The summed E-state index contributed by atoms with van der Waals surface area (Å²) in [6.45, 7) is 7.33. The smallest absolute Gasteiger partial charge is 0.246 e. The number of halogens is 1. The third kappa shape index (κ3) is 5.34. The highest BCUT2D eigenvalue weighted by Crippen LogP contribution is 2.50. The Kier molecular flexibility index (Phi) is 8.72. The van der Waals surface area contributed by atoms with E-state index >= 15 is 0 Å². The van der Waals surface area contributed by atoms with Gasteiger partial charge in [-0.3, -0.25) is 14.5 Å². The Bertz CT molecular complexity index is 2240. The largest absolute Gasteiger partial charge is 0.464 e. The van der Waals surface area contributed by atoms with E-state index in [-0.39, 0.29) is 30.7 Å². The monoisotopic (exact) mass is 692 g/mol. The van der Waals surface area contributed by atoms with Gasteiger partial charge in [0.05, 0.1) is 30.3 Å². The van der Waals surface area contributed by atoms with Gasteiger partial charge >= 0.3 is 0 Å². The number of likely N-dealkylation sites (N-methyl/N-ethyl adjacent to an activating group) is 2. The molecule has 2 atom stereocenters. The molecule has 0 bridgehead atoms. The number of hydrogen-bond donors (Lipinski definition) is 0. The lowest BCUT2D eigenvalue weighted by Gasteiger charge is -2.47. The predicted octanol–water partition coefficient (Wildman–Crippen LogP) is 5.91. The van der Waals surface area contributed by atoms with Gasteiger partial charge in [-0.25, -0.2) is 4.39 Å². The fraction of sp³-hybridized carbons (Fsp3) is 0.209. The molecule has 4 aromatic rings. The molecule has 4 aromatic carbocycles. The minimum absolute atomic E-state index is 0.0415. The molecule has 9 heteroatoms. The van der Waals surface area contributed by atoms with Crippen LogP contribution >= 0.6 is 0 Å². The van der Waals surface area contributed by atoms with Gasteiger partial charge < -0.3 is 24.2 Å². The van der Waals surface area contributed by atoms with Crippen molar-refractivity contribution in [1.29, 1.82) is 0 Å². The molecule has 260 valence electrons. The highest BCUT2D eigenvalue weighted by atomic mass is 19.1. The summed E-state index contributed by atoms with van der Waals surface area (Å²) in [6.07, 6.45) is 13.1. The van der Waals surface area contributed by atoms with Crippen LogP contribution in [0.1, 0.15) is 40.3 Å². The second-order valence-electron chi connectivity index (χ2n) is 13.0. The zero-order valence-electron chi connectivity index (χ0n) is 29.2. The number of hydrogen-bond acceptors (Lipinski definition) is 6. The number of amides is 2. The van der Waals surface area contributed by atoms with E-state index in [1.54, 1.807) is 54.2 Å². The SMILES string of the molecule is C#Cc1ccc2c(c1)C1(c3ccccc3)OC(C)=CC(=C)N1CC(=O)N2C.C#Cc1ccc2c(c1)C1(c3ccccc3F)OCCN1CC(=O)N2C. The molecule has 2 amide bonds. The first kappa shape index (κ1) is 34.3. The van der Waals surface area contributed by atoms with E-state index in [0.29, 0.717) is 35.5 Å². The number of terminal acetylenes is 2. The Labute approximate surface area is 303 Å². The molecule has 0 spiro atoms. The molecule has 52 heavy (non-hydrogen) atoms. The van der Waals surface area contributed by atoms with E-state index in [0.717, 1.165) is 33.8 Å². The summed E-state index contributed by atoms with van der Waals surface area (Å²) < 4.78 is 27.4.